The molecule has 0 rings (SSSR count). The smallest absolute Gasteiger partial charge is 0.384 e. The Hall–Kier alpha value is -0.0700. The Labute approximate surface area is 66.7 Å². The zero-order chi connectivity index (χ0) is 9.07. The van der Waals surface area contributed by atoms with Crippen LogP contribution in [0.25, 0.3) is 0 Å². The van der Waals surface area contributed by atoms with E-state index in [1.807, 2.05) is 0 Å². The molecule has 0 saturated carbocycles. The molecular formula is C3H8NO5PS. The van der Waals surface area contributed by atoms with Gasteiger partial charge in [-0.25, -0.2) is 4.57 Å². The van der Waals surface area contributed by atoms with Gasteiger partial charge in [-0.2, -0.15) is 0 Å². The molecule has 0 bridgehead atoms. The number of carbonyl (C=O) groups is 1. The molecule has 0 fully saturated rings. The van der Waals surface area contributed by atoms with Crippen LogP contribution in [-0.2, 0) is 9.36 Å². The summed E-state index contributed by atoms with van der Waals surface area (Å²) in [4.78, 5) is 26.6. The van der Waals surface area contributed by atoms with Gasteiger partial charge in [0.25, 0.3) is 0 Å². The molecule has 6 nitrogen and oxygen atoms in total. The van der Waals surface area contributed by atoms with Gasteiger partial charge in [-0.3, -0.25) is 4.79 Å². The molecule has 0 aromatic heterocycles. The minimum Gasteiger partial charge on any atom is -0.480 e. The van der Waals surface area contributed by atoms with Crippen LogP contribution >= 0.6 is 18.2 Å². The van der Waals surface area contributed by atoms with Crippen molar-refractivity contribution in [3.8, 4) is 0 Å². The zero-order valence-corrected chi connectivity index (χ0v) is 7.09. The topological polar surface area (TPSA) is 121 Å². The van der Waals surface area contributed by atoms with Crippen LogP contribution in [0.1, 0.15) is 0 Å². The van der Waals surface area contributed by atoms with Crippen molar-refractivity contribution in [3.05, 3.63) is 0 Å². The Kier molecular flexibility index (Phi) is 4.05. The van der Waals surface area contributed by atoms with E-state index in [9.17, 15) is 9.36 Å². The van der Waals surface area contributed by atoms with Crippen molar-refractivity contribution < 1.29 is 24.3 Å². The Morgan fingerprint density at radius 1 is 1.64 bits per heavy atom. The van der Waals surface area contributed by atoms with Crippen LogP contribution in [0.15, 0.2) is 0 Å². The number of carboxylic acid groups (broad SMARTS) is 1. The molecule has 0 saturated heterocycles. The second-order valence-electron chi connectivity index (χ2n) is 1.73. The number of nitrogens with two attached hydrogens (primary N) is 1. The summed E-state index contributed by atoms with van der Waals surface area (Å²) < 4.78 is 10.2. The van der Waals surface area contributed by atoms with E-state index in [-0.39, 0.29) is 17.1 Å². The number of hydrogen-bond donors (Lipinski definition) is 4. The minimum atomic E-state index is -4.19. The van der Waals surface area contributed by atoms with Crippen LogP contribution in [0.2, 0.25) is 0 Å². The lowest BCUT2D eigenvalue weighted by Crippen LogP contribution is -2.32. The van der Waals surface area contributed by atoms with E-state index in [0.29, 0.717) is 0 Å². The van der Waals surface area contributed by atoms with E-state index in [1.54, 1.807) is 0 Å². The number of hydrogen-bond acceptors (Lipinski definition) is 4. The van der Waals surface area contributed by atoms with Crippen LogP contribution in [0.4, 0.5) is 0 Å². The molecule has 66 valence electrons. The Morgan fingerprint density at radius 3 is 2.36 bits per heavy atom. The van der Waals surface area contributed by atoms with E-state index in [4.69, 9.17) is 20.6 Å². The third-order valence-corrected chi connectivity index (χ3v) is 3.04. The molecule has 0 aromatic carbocycles. The zero-order valence-electron chi connectivity index (χ0n) is 5.38. The van der Waals surface area contributed by atoms with Gasteiger partial charge in [-0.1, -0.05) is 0 Å². The summed E-state index contributed by atoms with van der Waals surface area (Å²) >= 11 is 0.231. The summed E-state index contributed by atoms with van der Waals surface area (Å²) in [5, 5.41) is 8.19. The second-order valence-corrected chi connectivity index (χ2v) is 5.51. The van der Waals surface area contributed by atoms with E-state index in [2.05, 4.69) is 0 Å². The van der Waals surface area contributed by atoms with Gasteiger partial charge in [0, 0.05) is 5.75 Å². The summed E-state index contributed by atoms with van der Waals surface area (Å²) in [5.41, 5.74) is 4.96. The average Bonchev–Trinajstić information content (AvgIpc) is 1.80. The van der Waals surface area contributed by atoms with Crippen molar-refractivity contribution in [2.45, 2.75) is 6.04 Å². The molecule has 0 aliphatic heterocycles. The molecule has 5 N–H and O–H groups in total. The van der Waals surface area contributed by atoms with Crippen molar-refractivity contribution in [3.63, 3.8) is 0 Å². The first-order valence-corrected chi connectivity index (χ1v) is 5.71. The lowest BCUT2D eigenvalue weighted by molar-refractivity contribution is -0.137. The third-order valence-electron chi connectivity index (χ3n) is 0.739. The van der Waals surface area contributed by atoms with Gasteiger partial charge in [-0.05, 0) is 11.4 Å². The van der Waals surface area contributed by atoms with Gasteiger partial charge in [0.15, 0.2) is 0 Å². The highest BCUT2D eigenvalue weighted by atomic mass is 32.7. The van der Waals surface area contributed by atoms with Crippen LogP contribution in [0, 0.1) is 0 Å². The van der Waals surface area contributed by atoms with E-state index < -0.39 is 18.8 Å². The first-order valence-electron chi connectivity index (χ1n) is 2.51. The second kappa shape index (κ2) is 4.08. The van der Waals surface area contributed by atoms with Crippen LogP contribution in [0.5, 0.6) is 0 Å². The van der Waals surface area contributed by atoms with Gasteiger partial charge < -0.3 is 20.6 Å². The molecule has 0 aliphatic rings. The fourth-order valence-corrected chi connectivity index (χ4v) is 1.81. The molecule has 0 spiro atoms. The fourth-order valence-electron chi connectivity index (χ4n) is 0.249. The van der Waals surface area contributed by atoms with Crippen molar-refractivity contribution in [2.24, 2.45) is 5.73 Å². The SMILES string of the molecule is N[C@H](CSP(=O)(O)O)C(=O)O. The Morgan fingerprint density at radius 2 is 2.09 bits per heavy atom. The van der Waals surface area contributed by atoms with Gasteiger partial charge >= 0.3 is 12.8 Å². The highest BCUT2D eigenvalue weighted by Gasteiger charge is 2.19. The maximum Gasteiger partial charge on any atom is 0.384 e. The Balaban J connectivity index is 3.72. The lowest BCUT2D eigenvalue weighted by Gasteiger charge is -2.05. The lowest BCUT2D eigenvalue weighted by atomic mass is 10.4. The summed E-state index contributed by atoms with van der Waals surface area (Å²) in [7, 11) is 0. The first-order chi connectivity index (χ1) is 4.83. The van der Waals surface area contributed by atoms with Crippen molar-refractivity contribution >= 4 is 24.1 Å². The highest BCUT2D eigenvalue weighted by Crippen LogP contribution is 2.50. The monoisotopic (exact) mass is 201 g/mol. The van der Waals surface area contributed by atoms with Crippen molar-refractivity contribution in [1.82, 2.24) is 0 Å². The third kappa shape index (κ3) is 6.33. The van der Waals surface area contributed by atoms with Gasteiger partial charge in [0.05, 0.1) is 0 Å². The molecule has 0 radical (unpaired) electrons. The van der Waals surface area contributed by atoms with Gasteiger partial charge in [0.2, 0.25) is 0 Å². The molecule has 0 aromatic rings. The molecule has 0 unspecified atom stereocenters. The number of carboxylic acids is 1. The Bertz CT molecular complexity index is 190. The molecule has 8 heteroatoms. The molecule has 11 heavy (non-hydrogen) atoms. The number of aliphatic carboxylic acids is 1. The summed E-state index contributed by atoms with van der Waals surface area (Å²) in [6.45, 7) is -4.19. The fraction of sp³-hybridized carbons (Fsp3) is 0.667. The van der Waals surface area contributed by atoms with Gasteiger partial charge in [-0.15, -0.1) is 0 Å². The summed E-state index contributed by atoms with van der Waals surface area (Å²) in [5.74, 6) is -1.56. The summed E-state index contributed by atoms with van der Waals surface area (Å²) in [6, 6.07) is -1.23. The maximum atomic E-state index is 10.2. The first kappa shape index (κ1) is 10.9. The minimum absolute atomic E-state index is 0.231. The van der Waals surface area contributed by atoms with E-state index in [0.717, 1.165) is 0 Å². The average molecular weight is 201 g/mol. The molecular weight excluding hydrogens is 193 g/mol. The summed E-state index contributed by atoms with van der Waals surface area (Å²) in [6.07, 6.45) is 0. The van der Waals surface area contributed by atoms with Crippen molar-refractivity contribution in [2.75, 3.05) is 5.75 Å². The molecule has 0 heterocycles. The standard InChI is InChI=1S/C3H8NO5PS/c4-2(3(5)6)1-11-10(7,8)9/h2H,1,4H2,(H,5,6)(H2,7,8,9)/t2-/m1/s1. The molecule has 0 aliphatic carbocycles. The maximum absolute atomic E-state index is 10.2. The van der Waals surface area contributed by atoms with E-state index >= 15 is 0 Å². The van der Waals surface area contributed by atoms with Crippen molar-refractivity contribution in [1.29, 1.82) is 0 Å². The van der Waals surface area contributed by atoms with Crippen LogP contribution in [-0.4, -0.2) is 32.7 Å². The normalized spacial score (nSPS) is 14.5. The van der Waals surface area contributed by atoms with Crippen LogP contribution < -0.4 is 5.73 Å². The van der Waals surface area contributed by atoms with Gasteiger partial charge in [0.1, 0.15) is 6.04 Å². The molecule has 1 atom stereocenters. The predicted octanol–water partition coefficient (Wildman–Crippen LogP) is -0.776. The van der Waals surface area contributed by atoms with Crippen LogP contribution in [0.3, 0.4) is 0 Å². The quantitative estimate of drug-likeness (QED) is 0.440. The molecule has 0 amide bonds. The highest BCUT2D eigenvalue weighted by molar-refractivity contribution is 8.54. The van der Waals surface area contributed by atoms with E-state index in [1.165, 1.54) is 0 Å². The number of rotatable bonds is 4. The largest absolute Gasteiger partial charge is 0.480 e. The predicted molar refractivity (Wildman–Crippen MR) is 40.1 cm³/mol.